The van der Waals surface area contributed by atoms with E-state index in [1.807, 2.05) is 24.3 Å². The van der Waals surface area contributed by atoms with Crippen LogP contribution < -0.4 is 10.1 Å². The van der Waals surface area contributed by atoms with E-state index in [2.05, 4.69) is 10.3 Å². The summed E-state index contributed by atoms with van der Waals surface area (Å²) >= 11 is 0. The molecule has 1 aliphatic carbocycles. The van der Waals surface area contributed by atoms with Crippen LogP contribution >= 0.6 is 0 Å². The highest BCUT2D eigenvalue weighted by Crippen LogP contribution is 2.32. The summed E-state index contributed by atoms with van der Waals surface area (Å²) in [6, 6.07) is 7.58. The van der Waals surface area contributed by atoms with E-state index in [1.54, 1.807) is 13.2 Å². The number of para-hydroxylation sites is 1. The number of methoxy groups -OCH3 is 1. The van der Waals surface area contributed by atoms with Crippen molar-refractivity contribution in [1.29, 1.82) is 0 Å². The maximum absolute atomic E-state index is 11.8. The monoisotopic (exact) mass is 242 g/mol. The number of benzene rings is 1. The third-order valence-electron chi connectivity index (χ3n) is 3.11. The number of hydrogen-bond acceptors (Lipinski definition) is 3. The van der Waals surface area contributed by atoms with E-state index < -0.39 is 0 Å². The highest BCUT2D eigenvalue weighted by atomic mass is 16.5. The van der Waals surface area contributed by atoms with Gasteiger partial charge in [0.1, 0.15) is 17.3 Å². The molecule has 4 nitrogen and oxygen atoms in total. The van der Waals surface area contributed by atoms with E-state index in [0.29, 0.717) is 11.6 Å². The van der Waals surface area contributed by atoms with Crippen LogP contribution in [-0.4, -0.2) is 18.9 Å². The van der Waals surface area contributed by atoms with Gasteiger partial charge in [0.25, 0.3) is 5.91 Å². The van der Waals surface area contributed by atoms with Gasteiger partial charge in [-0.15, -0.1) is 0 Å². The van der Waals surface area contributed by atoms with E-state index in [4.69, 9.17) is 4.74 Å². The topological polar surface area (TPSA) is 50.7 Å². The molecule has 2 aliphatic rings. The number of rotatable bonds is 3. The predicted octanol–water partition coefficient (Wildman–Crippen LogP) is 1.97. The molecule has 0 unspecified atom stereocenters. The molecule has 1 heterocycles. The lowest BCUT2D eigenvalue weighted by molar-refractivity contribution is -0.115. The first-order valence-corrected chi connectivity index (χ1v) is 6.02. The Morgan fingerprint density at radius 1 is 1.39 bits per heavy atom. The molecule has 1 aromatic rings. The van der Waals surface area contributed by atoms with Gasteiger partial charge >= 0.3 is 0 Å². The van der Waals surface area contributed by atoms with Gasteiger partial charge in [-0.05, 0) is 25.0 Å². The number of ether oxygens (including phenoxy) is 1. The normalized spacial score (nSPS) is 20.8. The standard InChI is InChI=1S/C14H14N2O2/c1-18-12-5-3-2-4-10(12)8-11-14(17)16-13(15-11)9-6-7-9/h2-5,8-9H,6-7H2,1H3,(H,15,16,17)/b11-8+. The van der Waals surface area contributed by atoms with E-state index in [9.17, 15) is 4.79 Å². The Labute approximate surface area is 105 Å². The quantitative estimate of drug-likeness (QED) is 0.824. The fourth-order valence-electron chi connectivity index (χ4n) is 1.97. The summed E-state index contributed by atoms with van der Waals surface area (Å²) in [5.74, 6) is 1.90. The minimum Gasteiger partial charge on any atom is -0.496 e. The molecule has 0 radical (unpaired) electrons. The molecule has 1 aliphatic heterocycles. The molecule has 3 rings (SSSR count). The fourth-order valence-corrected chi connectivity index (χ4v) is 1.97. The molecule has 1 saturated carbocycles. The minimum atomic E-state index is -0.122. The first-order chi connectivity index (χ1) is 8.78. The van der Waals surface area contributed by atoms with E-state index in [0.717, 1.165) is 30.0 Å². The average Bonchev–Trinajstić information content (AvgIpc) is 3.17. The molecular formula is C14H14N2O2. The molecule has 1 amide bonds. The number of carbonyl (C=O) groups is 1. The van der Waals surface area contributed by atoms with Gasteiger partial charge < -0.3 is 10.1 Å². The van der Waals surface area contributed by atoms with Gasteiger partial charge in [-0.25, -0.2) is 4.99 Å². The number of amides is 1. The van der Waals surface area contributed by atoms with Crippen LogP contribution in [-0.2, 0) is 4.79 Å². The number of amidine groups is 1. The van der Waals surface area contributed by atoms with Crippen molar-refractivity contribution in [3.8, 4) is 5.75 Å². The predicted molar refractivity (Wildman–Crippen MR) is 69.3 cm³/mol. The van der Waals surface area contributed by atoms with Crippen LogP contribution in [0.2, 0.25) is 0 Å². The molecular weight excluding hydrogens is 228 g/mol. The second-order valence-corrected chi connectivity index (χ2v) is 4.50. The lowest BCUT2D eigenvalue weighted by Gasteiger charge is -2.03. The minimum absolute atomic E-state index is 0.122. The Morgan fingerprint density at radius 3 is 2.89 bits per heavy atom. The van der Waals surface area contributed by atoms with Crippen molar-refractivity contribution in [2.75, 3.05) is 7.11 Å². The average molecular weight is 242 g/mol. The summed E-state index contributed by atoms with van der Waals surface area (Å²) in [5, 5.41) is 2.83. The third-order valence-corrected chi connectivity index (χ3v) is 3.11. The second kappa shape index (κ2) is 4.29. The number of carbonyl (C=O) groups excluding carboxylic acids is 1. The van der Waals surface area contributed by atoms with Crippen molar-refractivity contribution < 1.29 is 9.53 Å². The second-order valence-electron chi connectivity index (χ2n) is 4.50. The van der Waals surface area contributed by atoms with Gasteiger partial charge in [-0.3, -0.25) is 4.79 Å². The summed E-state index contributed by atoms with van der Waals surface area (Å²) in [7, 11) is 1.62. The third kappa shape index (κ3) is 2.01. The van der Waals surface area contributed by atoms with Gasteiger partial charge in [-0.2, -0.15) is 0 Å². The highest BCUT2D eigenvalue weighted by Gasteiger charge is 2.33. The van der Waals surface area contributed by atoms with Crippen molar-refractivity contribution in [3.05, 3.63) is 35.5 Å². The summed E-state index contributed by atoms with van der Waals surface area (Å²) in [6.45, 7) is 0. The van der Waals surface area contributed by atoms with E-state index in [-0.39, 0.29) is 5.91 Å². The smallest absolute Gasteiger partial charge is 0.275 e. The van der Waals surface area contributed by atoms with Crippen LogP contribution in [0.5, 0.6) is 5.75 Å². The molecule has 0 aromatic heterocycles. The Kier molecular flexibility index (Phi) is 2.63. The molecule has 0 saturated heterocycles. The number of aliphatic imine (C=N–C) groups is 1. The SMILES string of the molecule is COc1ccccc1/C=C1/N=C(C2CC2)NC1=O. The van der Waals surface area contributed by atoms with Crippen molar-refractivity contribution in [1.82, 2.24) is 5.32 Å². The number of nitrogens with zero attached hydrogens (tertiary/aromatic N) is 1. The van der Waals surface area contributed by atoms with Gasteiger partial charge in [0, 0.05) is 11.5 Å². The van der Waals surface area contributed by atoms with Crippen LogP contribution in [0.15, 0.2) is 35.0 Å². The van der Waals surface area contributed by atoms with E-state index in [1.165, 1.54) is 0 Å². The number of nitrogens with one attached hydrogen (secondary N) is 1. The lowest BCUT2D eigenvalue weighted by Crippen LogP contribution is -2.25. The Hall–Kier alpha value is -2.10. The summed E-state index contributed by atoms with van der Waals surface area (Å²) < 4.78 is 5.25. The van der Waals surface area contributed by atoms with Crippen molar-refractivity contribution in [3.63, 3.8) is 0 Å². The Bertz CT molecular complexity index is 557. The first kappa shape index (κ1) is 11.0. The molecule has 92 valence electrons. The summed E-state index contributed by atoms with van der Waals surface area (Å²) in [6.07, 6.45) is 4.02. The molecule has 1 aromatic carbocycles. The Balaban J connectivity index is 1.93. The van der Waals surface area contributed by atoms with Crippen molar-refractivity contribution in [2.45, 2.75) is 12.8 Å². The maximum Gasteiger partial charge on any atom is 0.275 e. The number of hydrogen-bond donors (Lipinski definition) is 1. The molecule has 0 atom stereocenters. The molecule has 4 heteroatoms. The largest absolute Gasteiger partial charge is 0.496 e. The van der Waals surface area contributed by atoms with Crippen molar-refractivity contribution in [2.24, 2.45) is 10.9 Å². The van der Waals surface area contributed by atoms with Crippen LogP contribution in [0.25, 0.3) is 6.08 Å². The first-order valence-electron chi connectivity index (χ1n) is 6.02. The maximum atomic E-state index is 11.8. The zero-order valence-electron chi connectivity index (χ0n) is 10.1. The highest BCUT2D eigenvalue weighted by molar-refractivity contribution is 6.15. The molecule has 1 N–H and O–H groups in total. The van der Waals surface area contributed by atoms with Crippen molar-refractivity contribution >= 4 is 17.8 Å². The zero-order chi connectivity index (χ0) is 12.5. The van der Waals surface area contributed by atoms with Crippen LogP contribution in [0.4, 0.5) is 0 Å². The van der Waals surface area contributed by atoms with Crippen LogP contribution in [0, 0.1) is 5.92 Å². The lowest BCUT2D eigenvalue weighted by atomic mass is 10.1. The zero-order valence-corrected chi connectivity index (χ0v) is 10.1. The van der Waals surface area contributed by atoms with Gasteiger partial charge in [-0.1, -0.05) is 18.2 Å². The van der Waals surface area contributed by atoms with Crippen LogP contribution in [0.1, 0.15) is 18.4 Å². The molecule has 0 spiro atoms. The molecule has 0 bridgehead atoms. The Morgan fingerprint density at radius 2 is 2.17 bits per heavy atom. The van der Waals surface area contributed by atoms with E-state index >= 15 is 0 Å². The molecule has 1 fully saturated rings. The van der Waals surface area contributed by atoms with Gasteiger partial charge in [0.2, 0.25) is 0 Å². The summed E-state index contributed by atoms with van der Waals surface area (Å²) in [5.41, 5.74) is 1.33. The van der Waals surface area contributed by atoms with Gasteiger partial charge in [0.15, 0.2) is 0 Å². The van der Waals surface area contributed by atoms with Crippen LogP contribution in [0.3, 0.4) is 0 Å². The fraction of sp³-hybridized carbons (Fsp3) is 0.286. The summed E-state index contributed by atoms with van der Waals surface area (Å²) in [4.78, 5) is 16.1. The molecule has 18 heavy (non-hydrogen) atoms. The van der Waals surface area contributed by atoms with Gasteiger partial charge in [0.05, 0.1) is 7.11 Å².